The highest BCUT2D eigenvalue weighted by atomic mass is 127. The number of nitrogens with one attached hydrogen (secondary N) is 1. The summed E-state index contributed by atoms with van der Waals surface area (Å²) in [5.74, 6) is -0.0949. The van der Waals surface area contributed by atoms with E-state index in [4.69, 9.17) is 21.1 Å². The molecule has 0 saturated carbocycles. The van der Waals surface area contributed by atoms with Crippen molar-refractivity contribution in [2.75, 3.05) is 11.9 Å². The Morgan fingerprint density at radius 2 is 1.82 bits per heavy atom. The fourth-order valence-electron chi connectivity index (χ4n) is 2.85. The van der Waals surface area contributed by atoms with Crippen LogP contribution in [0.15, 0.2) is 48.5 Å². The summed E-state index contributed by atoms with van der Waals surface area (Å²) >= 11 is 7.82. The minimum absolute atomic E-state index is 0.00183. The molecule has 0 amide bonds. The SMILES string of the molecule is CCOc1cc(CNc2ccc(F)c(Cl)c2)cc(I)c1Oc1ccc([N+](=O)[O-])cc1[N+](=O)[O-]. The molecule has 12 heteroatoms. The maximum atomic E-state index is 13.3. The summed E-state index contributed by atoms with van der Waals surface area (Å²) in [6.07, 6.45) is 0. The number of benzene rings is 3. The third kappa shape index (κ3) is 5.99. The van der Waals surface area contributed by atoms with Crippen LogP contribution >= 0.6 is 34.2 Å². The van der Waals surface area contributed by atoms with Crippen LogP contribution < -0.4 is 14.8 Å². The molecule has 0 spiro atoms. The zero-order chi connectivity index (χ0) is 24.1. The number of anilines is 1. The molecular weight excluding hydrogens is 572 g/mol. The summed E-state index contributed by atoms with van der Waals surface area (Å²) < 4.78 is 25.4. The molecule has 33 heavy (non-hydrogen) atoms. The van der Waals surface area contributed by atoms with Crippen LogP contribution in [0.3, 0.4) is 0 Å². The molecule has 3 aromatic rings. The Kier molecular flexibility index (Phi) is 7.87. The first-order valence-corrected chi connectivity index (χ1v) is 10.9. The lowest BCUT2D eigenvalue weighted by atomic mass is 10.2. The van der Waals surface area contributed by atoms with E-state index in [1.54, 1.807) is 25.1 Å². The lowest BCUT2D eigenvalue weighted by Crippen LogP contribution is -2.04. The van der Waals surface area contributed by atoms with Gasteiger partial charge in [-0.25, -0.2) is 4.39 Å². The first kappa shape index (κ1) is 24.5. The van der Waals surface area contributed by atoms with Crippen LogP contribution in [-0.4, -0.2) is 16.5 Å². The van der Waals surface area contributed by atoms with Crippen molar-refractivity contribution in [3.63, 3.8) is 0 Å². The Morgan fingerprint density at radius 3 is 2.45 bits per heavy atom. The van der Waals surface area contributed by atoms with Crippen molar-refractivity contribution in [2.24, 2.45) is 0 Å². The Labute approximate surface area is 205 Å². The van der Waals surface area contributed by atoms with E-state index < -0.39 is 27.0 Å². The highest BCUT2D eigenvalue weighted by Crippen LogP contribution is 2.41. The Hall–Kier alpha value is -3.19. The van der Waals surface area contributed by atoms with Gasteiger partial charge in [0.15, 0.2) is 11.5 Å². The second-order valence-corrected chi connectivity index (χ2v) is 8.16. The number of nitro benzene ring substituents is 2. The maximum absolute atomic E-state index is 13.3. The van der Waals surface area contributed by atoms with E-state index in [-0.39, 0.29) is 16.5 Å². The fourth-order valence-corrected chi connectivity index (χ4v) is 3.81. The zero-order valence-electron chi connectivity index (χ0n) is 17.0. The van der Waals surface area contributed by atoms with E-state index in [9.17, 15) is 24.6 Å². The number of rotatable bonds is 9. The monoisotopic (exact) mass is 587 g/mol. The highest BCUT2D eigenvalue weighted by molar-refractivity contribution is 14.1. The van der Waals surface area contributed by atoms with Crippen molar-refractivity contribution in [3.05, 3.63) is 88.7 Å². The summed E-state index contributed by atoms with van der Waals surface area (Å²) in [7, 11) is 0. The van der Waals surface area contributed by atoms with Gasteiger partial charge in [-0.05, 0) is 71.5 Å². The van der Waals surface area contributed by atoms with E-state index in [0.717, 1.165) is 17.7 Å². The Bertz CT molecular complexity index is 1230. The average molecular weight is 588 g/mol. The molecule has 0 radical (unpaired) electrons. The van der Waals surface area contributed by atoms with Crippen molar-refractivity contribution < 1.29 is 23.7 Å². The largest absolute Gasteiger partial charge is 0.490 e. The van der Waals surface area contributed by atoms with Crippen molar-refractivity contribution in [2.45, 2.75) is 13.5 Å². The number of non-ortho nitro benzene ring substituents is 1. The van der Waals surface area contributed by atoms with Crippen LogP contribution in [-0.2, 0) is 6.54 Å². The molecule has 172 valence electrons. The van der Waals surface area contributed by atoms with Crippen molar-refractivity contribution in [3.8, 4) is 17.2 Å². The van der Waals surface area contributed by atoms with Gasteiger partial charge < -0.3 is 14.8 Å². The van der Waals surface area contributed by atoms with E-state index in [1.807, 2.05) is 22.6 Å². The second kappa shape index (κ2) is 10.6. The van der Waals surface area contributed by atoms with Gasteiger partial charge in [0.1, 0.15) is 5.82 Å². The van der Waals surface area contributed by atoms with Gasteiger partial charge in [-0.3, -0.25) is 20.2 Å². The van der Waals surface area contributed by atoms with E-state index in [1.165, 1.54) is 18.2 Å². The van der Waals surface area contributed by atoms with Crippen LogP contribution in [0.25, 0.3) is 0 Å². The van der Waals surface area contributed by atoms with Crippen LogP contribution in [0.4, 0.5) is 21.5 Å². The topological polar surface area (TPSA) is 117 Å². The molecule has 3 aromatic carbocycles. The van der Waals surface area contributed by atoms with E-state index in [2.05, 4.69) is 5.32 Å². The van der Waals surface area contributed by atoms with Crippen LogP contribution in [0.2, 0.25) is 5.02 Å². The predicted molar refractivity (Wildman–Crippen MR) is 129 cm³/mol. The minimum Gasteiger partial charge on any atom is -0.490 e. The third-order valence-corrected chi connectivity index (χ3v) is 5.44. The standard InChI is InChI=1S/C21H16ClFIN3O6/c1-2-32-20-8-12(11-25-13-3-5-16(23)15(22)9-13)7-17(24)21(20)33-19-6-4-14(26(28)29)10-18(19)27(30)31/h3-10,25H,2,11H2,1H3. The third-order valence-electron chi connectivity index (χ3n) is 4.35. The lowest BCUT2D eigenvalue weighted by Gasteiger charge is -2.16. The molecule has 0 unspecified atom stereocenters. The number of ether oxygens (including phenoxy) is 2. The van der Waals surface area contributed by atoms with Crippen LogP contribution in [0, 0.1) is 29.6 Å². The number of nitrogens with zero attached hydrogens (tertiary/aromatic N) is 2. The molecule has 0 aliphatic heterocycles. The molecule has 0 aliphatic carbocycles. The predicted octanol–water partition coefficient (Wildman–Crippen LogP) is 6.70. The van der Waals surface area contributed by atoms with Gasteiger partial charge in [0.05, 0.1) is 31.1 Å². The van der Waals surface area contributed by atoms with E-state index >= 15 is 0 Å². The quantitative estimate of drug-likeness (QED) is 0.168. The van der Waals surface area contributed by atoms with Crippen LogP contribution in [0.1, 0.15) is 12.5 Å². The molecular formula is C21H16ClFIN3O6. The van der Waals surface area contributed by atoms with Gasteiger partial charge in [-0.2, -0.15) is 0 Å². The molecule has 3 rings (SSSR count). The smallest absolute Gasteiger partial charge is 0.318 e. The highest BCUT2D eigenvalue weighted by Gasteiger charge is 2.23. The first-order valence-electron chi connectivity index (χ1n) is 9.44. The molecule has 0 bridgehead atoms. The molecule has 1 N–H and O–H groups in total. The van der Waals surface area contributed by atoms with Gasteiger partial charge in [0.2, 0.25) is 5.75 Å². The minimum atomic E-state index is -0.748. The maximum Gasteiger partial charge on any atom is 0.318 e. The summed E-state index contributed by atoms with van der Waals surface area (Å²) in [5.41, 5.74) is 0.461. The van der Waals surface area contributed by atoms with E-state index in [0.29, 0.717) is 28.2 Å². The molecule has 0 heterocycles. The number of nitro groups is 2. The lowest BCUT2D eigenvalue weighted by molar-refractivity contribution is -0.394. The average Bonchev–Trinajstić information content (AvgIpc) is 2.77. The van der Waals surface area contributed by atoms with Gasteiger partial charge in [0, 0.05) is 18.3 Å². The molecule has 0 atom stereocenters. The van der Waals surface area contributed by atoms with Crippen molar-refractivity contribution in [1.29, 1.82) is 0 Å². The van der Waals surface area contributed by atoms with Gasteiger partial charge >= 0.3 is 5.69 Å². The van der Waals surface area contributed by atoms with Crippen molar-refractivity contribution in [1.82, 2.24) is 0 Å². The molecule has 9 nitrogen and oxygen atoms in total. The summed E-state index contributed by atoms with van der Waals surface area (Å²) in [6.45, 7) is 2.44. The Balaban J connectivity index is 1.90. The number of hydrogen-bond donors (Lipinski definition) is 1. The van der Waals surface area contributed by atoms with Gasteiger partial charge in [-0.1, -0.05) is 11.6 Å². The number of hydrogen-bond acceptors (Lipinski definition) is 7. The fraction of sp³-hybridized carbons (Fsp3) is 0.143. The van der Waals surface area contributed by atoms with Gasteiger partial charge in [0.25, 0.3) is 5.69 Å². The molecule has 0 saturated heterocycles. The normalized spacial score (nSPS) is 10.5. The molecule has 0 fully saturated rings. The van der Waals surface area contributed by atoms with Gasteiger partial charge in [-0.15, -0.1) is 0 Å². The van der Waals surface area contributed by atoms with Crippen molar-refractivity contribution >= 4 is 51.3 Å². The zero-order valence-corrected chi connectivity index (χ0v) is 19.9. The summed E-state index contributed by atoms with van der Waals surface area (Å²) in [6, 6.07) is 10.9. The van der Waals surface area contributed by atoms with Crippen LogP contribution in [0.5, 0.6) is 17.2 Å². The Morgan fingerprint density at radius 1 is 1.06 bits per heavy atom. The summed E-state index contributed by atoms with van der Waals surface area (Å²) in [4.78, 5) is 20.9. The number of halogens is 3. The molecule has 0 aliphatic rings. The second-order valence-electron chi connectivity index (χ2n) is 6.59. The molecule has 0 aromatic heterocycles. The first-order chi connectivity index (χ1) is 15.7. The summed E-state index contributed by atoms with van der Waals surface area (Å²) in [5, 5.41) is 25.5.